The van der Waals surface area contributed by atoms with E-state index in [1.165, 1.54) is 0 Å². The smallest absolute Gasteiger partial charge is 0.203 e. The highest BCUT2D eigenvalue weighted by Gasteiger charge is 2.32. The van der Waals surface area contributed by atoms with E-state index < -0.39 is 0 Å². The van der Waals surface area contributed by atoms with Crippen LogP contribution in [0.15, 0.2) is 53.3 Å². The quantitative estimate of drug-likeness (QED) is 0.845. The third kappa shape index (κ3) is 2.29. The number of hydrogen-bond donors (Lipinski definition) is 0. The maximum Gasteiger partial charge on any atom is 0.203 e. The molecule has 0 aliphatic carbocycles. The highest BCUT2D eigenvalue weighted by Crippen LogP contribution is 2.34. The molecule has 0 N–H and O–H groups in total. The number of para-hydroxylation sites is 1. The van der Waals surface area contributed by atoms with Crippen molar-refractivity contribution >= 4 is 11.4 Å². The van der Waals surface area contributed by atoms with Crippen LogP contribution >= 0.6 is 0 Å². The first-order valence-corrected chi connectivity index (χ1v) is 6.92. The molecule has 4 heteroatoms. The second kappa shape index (κ2) is 5.41. The summed E-state index contributed by atoms with van der Waals surface area (Å²) in [6.45, 7) is 4.36. The SMILES string of the molecule is CCC(C)C1OC(c2ccno2)=CN1c1ccccc1. The molecule has 0 saturated heterocycles. The van der Waals surface area contributed by atoms with Crippen LogP contribution in [0.3, 0.4) is 0 Å². The van der Waals surface area contributed by atoms with Crippen LogP contribution in [0.25, 0.3) is 5.76 Å². The fourth-order valence-corrected chi connectivity index (χ4v) is 2.30. The van der Waals surface area contributed by atoms with Crippen LogP contribution in [-0.2, 0) is 4.74 Å². The summed E-state index contributed by atoms with van der Waals surface area (Å²) in [7, 11) is 0. The second-order valence-corrected chi connectivity index (χ2v) is 5.01. The van der Waals surface area contributed by atoms with Crippen LogP contribution in [0.4, 0.5) is 5.69 Å². The van der Waals surface area contributed by atoms with Gasteiger partial charge in [-0.3, -0.25) is 0 Å². The highest BCUT2D eigenvalue weighted by atomic mass is 16.5. The lowest BCUT2D eigenvalue weighted by atomic mass is 10.1. The van der Waals surface area contributed by atoms with Gasteiger partial charge in [-0.2, -0.15) is 0 Å². The molecule has 1 aliphatic heterocycles. The van der Waals surface area contributed by atoms with Gasteiger partial charge in [0.1, 0.15) is 0 Å². The van der Waals surface area contributed by atoms with Gasteiger partial charge in [-0.05, 0) is 18.6 Å². The Labute approximate surface area is 118 Å². The molecule has 0 fully saturated rings. The molecule has 0 spiro atoms. The lowest BCUT2D eigenvalue weighted by Crippen LogP contribution is -2.33. The largest absolute Gasteiger partial charge is 0.464 e. The molecule has 2 unspecified atom stereocenters. The molecule has 1 aromatic carbocycles. The first-order valence-electron chi connectivity index (χ1n) is 6.92. The van der Waals surface area contributed by atoms with Crippen LogP contribution in [0.1, 0.15) is 26.0 Å². The predicted molar refractivity (Wildman–Crippen MR) is 77.7 cm³/mol. The molecular formula is C16H18N2O2. The van der Waals surface area contributed by atoms with Crippen molar-refractivity contribution in [3.8, 4) is 0 Å². The summed E-state index contributed by atoms with van der Waals surface area (Å²) in [5, 5.41) is 3.74. The molecule has 1 aliphatic rings. The van der Waals surface area contributed by atoms with Crippen molar-refractivity contribution in [3.63, 3.8) is 0 Å². The van der Waals surface area contributed by atoms with E-state index in [-0.39, 0.29) is 6.23 Å². The first-order chi connectivity index (χ1) is 9.79. The van der Waals surface area contributed by atoms with Gasteiger partial charge in [0.15, 0.2) is 12.0 Å². The zero-order chi connectivity index (χ0) is 13.9. The van der Waals surface area contributed by atoms with Crippen molar-refractivity contribution in [2.75, 3.05) is 4.90 Å². The van der Waals surface area contributed by atoms with E-state index in [1.807, 2.05) is 30.5 Å². The van der Waals surface area contributed by atoms with E-state index in [0.717, 1.165) is 17.9 Å². The van der Waals surface area contributed by atoms with Crippen molar-refractivity contribution in [1.29, 1.82) is 0 Å². The molecule has 0 bridgehead atoms. The van der Waals surface area contributed by atoms with Gasteiger partial charge in [-0.15, -0.1) is 0 Å². The summed E-state index contributed by atoms with van der Waals surface area (Å²) >= 11 is 0. The maximum atomic E-state index is 6.08. The Morgan fingerprint density at radius 2 is 2.05 bits per heavy atom. The molecule has 2 atom stereocenters. The van der Waals surface area contributed by atoms with Gasteiger partial charge in [0.05, 0.1) is 12.4 Å². The van der Waals surface area contributed by atoms with E-state index in [2.05, 4.69) is 36.0 Å². The van der Waals surface area contributed by atoms with Gasteiger partial charge in [0.25, 0.3) is 0 Å². The van der Waals surface area contributed by atoms with Gasteiger partial charge in [-0.1, -0.05) is 37.2 Å². The van der Waals surface area contributed by atoms with Gasteiger partial charge in [0.2, 0.25) is 5.76 Å². The van der Waals surface area contributed by atoms with E-state index in [1.54, 1.807) is 6.20 Å². The normalized spacial score (nSPS) is 19.6. The van der Waals surface area contributed by atoms with Crippen LogP contribution in [0.2, 0.25) is 0 Å². The summed E-state index contributed by atoms with van der Waals surface area (Å²) < 4.78 is 11.3. The molecule has 104 valence electrons. The van der Waals surface area contributed by atoms with Crippen LogP contribution in [0, 0.1) is 5.92 Å². The summed E-state index contributed by atoms with van der Waals surface area (Å²) in [5.41, 5.74) is 1.12. The Morgan fingerprint density at radius 3 is 2.70 bits per heavy atom. The Kier molecular flexibility index (Phi) is 3.46. The van der Waals surface area contributed by atoms with Gasteiger partial charge in [-0.25, -0.2) is 0 Å². The predicted octanol–water partition coefficient (Wildman–Crippen LogP) is 3.88. The van der Waals surface area contributed by atoms with Gasteiger partial charge < -0.3 is 14.2 Å². The number of rotatable bonds is 4. The number of anilines is 1. The van der Waals surface area contributed by atoms with Crippen LogP contribution < -0.4 is 4.90 Å². The molecule has 0 saturated carbocycles. The average Bonchev–Trinajstić information content (AvgIpc) is 3.16. The molecule has 1 aromatic heterocycles. The minimum atomic E-state index is -0.0116. The van der Waals surface area contributed by atoms with Crippen molar-refractivity contribution in [3.05, 3.63) is 54.6 Å². The van der Waals surface area contributed by atoms with E-state index in [4.69, 9.17) is 9.26 Å². The Bertz CT molecular complexity index is 578. The number of nitrogens with zero attached hydrogens (tertiary/aromatic N) is 2. The topological polar surface area (TPSA) is 38.5 Å². The standard InChI is InChI=1S/C16H18N2O2/c1-3-12(2)16-18(13-7-5-4-6-8-13)11-15(19-16)14-9-10-17-20-14/h4-12,16H,3H2,1-2H3. The highest BCUT2D eigenvalue weighted by molar-refractivity contribution is 5.65. The second-order valence-electron chi connectivity index (χ2n) is 5.01. The molecule has 20 heavy (non-hydrogen) atoms. The zero-order valence-electron chi connectivity index (χ0n) is 11.7. The van der Waals surface area contributed by atoms with E-state index in [0.29, 0.717) is 11.7 Å². The third-order valence-corrected chi connectivity index (χ3v) is 3.64. The first kappa shape index (κ1) is 12.8. The summed E-state index contributed by atoms with van der Waals surface area (Å²) in [5.74, 6) is 1.81. The third-order valence-electron chi connectivity index (χ3n) is 3.64. The Morgan fingerprint density at radius 1 is 1.25 bits per heavy atom. The molecule has 0 amide bonds. The number of aromatic nitrogens is 1. The van der Waals surface area contributed by atoms with Crippen LogP contribution in [0.5, 0.6) is 0 Å². The number of benzene rings is 1. The molecule has 2 heterocycles. The van der Waals surface area contributed by atoms with Crippen molar-refractivity contribution in [2.45, 2.75) is 26.5 Å². The summed E-state index contributed by atoms with van der Waals surface area (Å²) in [4.78, 5) is 2.16. The van der Waals surface area contributed by atoms with Gasteiger partial charge >= 0.3 is 0 Å². The summed E-state index contributed by atoms with van der Waals surface area (Å²) in [6, 6.07) is 12.1. The fraction of sp³-hybridized carbons (Fsp3) is 0.312. The monoisotopic (exact) mass is 270 g/mol. The lowest BCUT2D eigenvalue weighted by molar-refractivity contribution is 0.128. The lowest BCUT2D eigenvalue weighted by Gasteiger charge is -2.28. The van der Waals surface area contributed by atoms with Crippen molar-refractivity contribution < 1.29 is 9.26 Å². The van der Waals surface area contributed by atoms with Crippen LogP contribution in [-0.4, -0.2) is 11.4 Å². The molecular weight excluding hydrogens is 252 g/mol. The van der Waals surface area contributed by atoms with E-state index in [9.17, 15) is 0 Å². The molecule has 3 rings (SSSR count). The van der Waals surface area contributed by atoms with Gasteiger partial charge in [0, 0.05) is 17.7 Å². The number of ether oxygens (including phenoxy) is 1. The number of hydrogen-bond acceptors (Lipinski definition) is 4. The molecule has 2 aromatic rings. The molecule has 4 nitrogen and oxygen atoms in total. The van der Waals surface area contributed by atoms with Crippen molar-refractivity contribution in [1.82, 2.24) is 5.16 Å². The molecule has 0 radical (unpaired) electrons. The van der Waals surface area contributed by atoms with E-state index >= 15 is 0 Å². The zero-order valence-corrected chi connectivity index (χ0v) is 11.7. The minimum Gasteiger partial charge on any atom is -0.464 e. The maximum absolute atomic E-state index is 6.08. The Hall–Kier alpha value is -2.23. The fourth-order valence-electron chi connectivity index (χ4n) is 2.30. The average molecular weight is 270 g/mol. The minimum absolute atomic E-state index is 0.0116. The summed E-state index contributed by atoms with van der Waals surface area (Å²) in [6.07, 6.45) is 4.66. The van der Waals surface area contributed by atoms with Crippen molar-refractivity contribution in [2.24, 2.45) is 5.92 Å². The Balaban J connectivity index is 1.94.